The second kappa shape index (κ2) is 4.84. The van der Waals surface area contributed by atoms with Gasteiger partial charge in [-0.25, -0.2) is 0 Å². The summed E-state index contributed by atoms with van der Waals surface area (Å²) in [6, 6.07) is 2.70. The molecule has 0 saturated heterocycles. The molecule has 2 nitrogen and oxygen atoms in total. The maximum atomic E-state index is 11.9. The van der Waals surface area contributed by atoms with Crippen LogP contribution in [0, 0.1) is 0 Å². The third-order valence-electron chi connectivity index (χ3n) is 1.40. The summed E-state index contributed by atoms with van der Waals surface area (Å²) < 4.78 is 29.1. The molecule has 0 bridgehead atoms. The number of carbonyl (C=O) groups excluding carboxylic acids is 1. The molecule has 0 aromatic heterocycles. The van der Waals surface area contributed by atoms with Gasteiger partial charge >= 0.3 is 6.61 Å². The number of hydrogen-bond donors (Lipinski definition) is 0. The molecular formula is C8H4Br2F2O2. The predicted octanol–water partition coefficient (Wildman–Crippen LogP) is 3.63. The van der Waals surface area contributed by atoms with E-state index in [-0.39, 0.29) is 11.3 Å². The van der Waals surface area contributed by atoms with E-state index in [1.165, 1.54) is 12.1 Å². The number of carbonyl (C=O) groups is 1. The molecule has 0 amide bonds. The summed E-state index contributed by atoms with van der Waals surface area (Å²) in [4.78, 5) is 10.5. The molecule has 1 aromatic rings. The molecule has 0 heterocycles. The highest BCUT2D eigenvalue weighted by Crippen LogP contribution is 2.31. The topological polar surface area (TPSA) is 26.3 Å². The van der Waals surface area contributed by atoms with Crippen molar-refractivity contribution < 1.29 is 18.3 Å². The molecule has 0 aliphatic heterocycles. The molecular weight excluding hydrogens is 326 g/mol. The van der Waals surface area contributed by atoms with Crippen molar-refractivity contribution in [2.24, 2.45) is 0 Å². The fourth-order valence-corrected chi connectivity index (χ4v) is 1.52. The minimum atomic E-state index is -2.94. The Hall–Kier alpha value is -0.490. The van der Waals surface area contributed by atoms with Crippen molar-refractivity contribution in [2.75, 3.05) is 0 Å². The SMILES string of the molecule is O=Cc1cc(Br)c(Br)cc1OC(F)F. The number of halogens is 4. The van der Waals surface area contributed by atoms with Gasteiger partial charge in [0.15, 0.2) is 6.29 Å². The summed E-state index contributed by atoms with van der Waals surface area (Å²) in [7, 11) is 0. The van der Waals surface area contributed by atoms with Crippen LogP contribution in [-0.2, 0) is 0 Å². The molecule has 14 heavy (non-hydrogen) atoms. The Morgan fingerprint density at radius 3 is 2.36 bits per heavy atom. The number of rotatable bonds is 3. The van der Waals surface area contributed by atoms with Gasteiger partial charge in [-0.3, -0.25) is 4.79 Å². The van der Waals surface area contributed by atoms with Gasteiger partial charge in [-0.05, 0) is 44.0 Å². The first kappa shape index (κ1) is 11.6. The summed E-state index contributed by atoms with van der Waals surface area (Å²) >= 11 is 6.25. The van der Waals surface area contributed by atoms with Gasteiger partial charge in [0.25, 0.3) is 0 Å². The van der Waals surface area contributed by atoms with Crippen molar-refractivity contribution in [1.29, 1.82) is 0 Å². The molecule has 0 unspecified atom stereocenters. The number of hydrogen-bond acceptors (Lipinski definition) is 2. The average Bonchev–Trinajstić information content (AvgIpc) is 2.10. The van der Waals surface area contributed by atoms with Crippen LogP contribution in [0.1, 0.15) is 10.4 Å². The lowest BCUT2D eigenvalue weighted by atomic mass is 10.2. The van der Waals surface area contributed by atoms with Gasteiger partial charge in [-0.2, -0.15) is 8.78 Å². The third-order valence-corrected chi connectivity index (χ3v) is 3.24. The number of benzene rings is 1. The Morgan fingerprint density at radius 2 is 1.86 bits per heavy atom. The molecule has 0 aliphatic rings. The van der Waals surface area contributed by atoms with Gasteiger partial charge in [-0.1, -0.05) is 0 Å². The zero-order valence-corrected chi connectivity index (χ0v) is 9.81. The second-order valence-electron chi connectivity index (χ2n) is 2.30. The first-order valence-corrected chi connectivity index (χ1v) is 5.02. The molecule has 0 N–H and O–H groups in total. The standard InChI is InChI=1S/C8H4Br2F2O2/c9-5-1-4(3-13)7(2-6(5)10)14-8(11)12/h1-3,8H. The van der Waals surface area contributed by atoms with E-state index < -0.39 is 6.61 Å². The lowest BCUT2D eigenvalue weighted by Gasteiger charge is -2.08. The predicted molar refractivity (Wildman–Crippen MR) is 53.9 cm³/mol. The van der Waals surface area contributed by atoms with E-state index in [0.29, 0.717) is 15.2 Å². The van der Waals surface area contributed by atoms with Crippen LogP contribution in [0.3, 0.4) is 0 Å². The lowest BCUT2D eigenvalue weighted by Crippen LogP contribution is -2.04. The number of ether oxygens (including phenoxy) is 1. The Labute approximate surface area is 95.5 Å². The fraction of sp³-hybridized carbons (Fsp3) is 0.125. The van der Waals surface area contributed by atoms with Gasteiger partial charge < -0.3 is 4.74 Å². The van der Waals surface area contributed by atoms with Crippen LogP contribution in [0.5, 0.6) is 5.75 Å². The van der Waals surface area contributed by atoms with Crippen molar-refractivity contribution in [3.05, 3.63) is 26.6 Å². The Balaban J connectivity index is 3.13. The largest absolute Gasteiger partial charge is 0.434 e. The van der Waals surface area contributed by atoms with E-state index in [2.05, 4.69) is 36.6 Å². The first-order chi connectivity index (χ1) is 6.54. The Bertz CT molecular complexity index is 355. The van der Waals surface area contributed by atoms with Gasteiger partial charge in [0.05, 0.1) is 5.56 Å². The lowest BCUT2D eigenvalue weighted by molar-refractivity contribution is -0.0501. The molecule has 1 aromatic carbocycles. The van der Waals surface area contributed by atoms with Crippen LogP contribution in [0.15, 0.2) is 21.1 Å². The minimum Gasteiger partial charge on any atom is -0.434 e. The maximum Gasteiger partial charge on any atom is 0.387 e. The van der Waals surface area contributed by atoms with Crippen LogP contribution in [0.2, 0.25) is 0 Å². The highest BCUT2D eigenvalue weighted by Gasteiger charge is 2.11. The third kappa shape index (κ3) is 2.75. The quantitative estimate of drug-likeness (QED) is 0.792. The molecule has 0 spiro atoms. The van der Waals surface area contributed by atoms with E-state index in [4.69, 9.17) is 0 Å². The summed E-state index contributed by atoms with van der Waals surface area (Å²) in [5.74, 6) is -0.148. The van der Waals surface area contributed by atoms with Gasteiger partial charge in [0, 0.05) is 8.95 Å². The molecule has 76 valence electrons. The highest BCUT2D eigenvalue weighted by atomic mass is 79.9. The molecule has 0 atom stereocenters. The molecule has 6 heteroatoms. The van der Waals surface area contributed by atoms with Crippen LogP contribution in [0.4, 0.5) is 8.78 Å². The van der Waals surface area contributed by atoms with Crippen molar-refractivity contribution in [2.45, 2.75) is 6.61 Å². The number of aldehydes is 1. The molecule has 1 rings (SSSR count). The van der Waals surface area contributed by atoms with Gasteiger partial charge in [0.1, 0.15) is 5.75 Å². The summed E-state index contributed by atoms with van der Waals surface area (Å²) in [6.07, 6.45) is 0.453. The van der Waals surface area contributed by atoms with Crippen molar-refractivity contribution >= 4 is 38.1 Å². The van der Waals surface area contributed by atoms with Gasteiger partial charge in [-0.15, -0.1) is 0 Å². The van der Waals surface area contributed by atoms with Crippen LogP contribution in [-0.4, -0.2) is 12.9 Å². The smallest absolute Gasteiger partial charge is 0.387 e. The Morgan fingerprint density at radius 1 is 1.29 bits per heavy atom. The molecule has 0 aliphatic carbocycles. The summed E-state index contributed by atoms with van der Waals surface area (Å²) in [5, 5.41) is 0. The van der Waals surface area contributed by atoms with E-state index in [0.717, 1.165) is 0 Å². The molecule has 0 saturated carbocycles. The zero-order chi connectivity index (χ0) is 10.7. The van der Waals surface area contributed by atoms with Crippen LogP contribution in [0.25, 0.3) is 0 Å². The van der Waals surface area contributed by atoms with E-state index in [9.17, 15) is 13.6 Å². The summed E-state index contributed by atoms with van der Waals surface area (Å²) in [6.45, 7) is -2.94. The maximum absolute atomic E-state index is 11.9. The minimum absolute atomic E-state index is 0.0698. The first-order valence-electron chi connectivity index (χ1n) is 3.43. The summed E-state index contributed by atoms with van der Waals surface area (Å²) in [5.41, 5.74) is 0.0698. The van der Waals surface area contributed by atoms with Gasteiger partial charge in [0.2, 0.25) is 0 Å². The van der Waals surface area contributed by atoms with E-state index in [1.807, 2.05) is 0 Å². The van der Waals surface area contributed by atoms with E-state index >= 15 is 0 Å². The van der Waals surface area contributed by atoms with Crippen LogP contribution >= 0.6 is 31.9 Å². The van der Waals surface area contributed by atoms with Crippen LogP contribution < -0.4 is 4.74 Å². The molecule has 0 fully saturated rings. The normalized spacial score (nSPS) is 10.4. The van der Waals surface area contributed by atoms with Crippen molar-refractivity contribution in [3.8, 4) is 5.75 Å². The van der Waals surface area contributed by atoms with Crippen molar-refractivity contribution in [3.63, 3.8) is 0 Å². The zero-order valence-electron chi connectivity index (χ0n) is 6.64. The highest BCUT2D eigenvalue weighted by molar-refractivity contribution is 9.13. The van der Waals surface area contributed by atoms with E-state index in [1.54, 1.807) is 0 Å². The molecule has 0 radical (unpaired) electrons. The number of alkyl halides is 2. The Kier molecular flexibility index (Phi) is 4.00. The average molecular weight is 330 g/mol. The van der Waals surface area contributed by atoms with Crippen molar-refractivity contribution in [1.82, 2.24) is 0 Å². The monoisotopic (exact) mass is 328 g/mol. The second-order valence-corrected chi connectivity index (χ2v) is 4.01. The fourth-order valence-electron chi connectivity index (χ4n) is 0.834.